The SMILES string of the molecule is Fc1ccc(Br)c(CN2CCC3(CCNC3)C2)c1. The van der Waals surface area contributed by atoms with Gasteiger partial charge in [0, 0.05) is 24.1 Å². The summed E-state index contributed by atoms with van der Waals surface area (Å²) in [6.07, 6.45) is 2.56. The molecule has 2 fully saturated rings. The smallest absolute Gasteiger partial charge is 0.123 e. The van der Waals surface area contributed by atoms with Gasteiger partial charge in [-0.05, 0) is 55.1 Å². The van der Waals surface area contributed by atoms with E-state index in [9.17, 15) is 4.39 Å². The predicted octanol–water partition coefficient (Wildman–Crippen LogP) is 2.77. The molecule has 1 aromatic carbocycles. The van der Waals surface area contributed by atoms with Crippen molar-refractivity contribution in [2.45, 2.75) is 19.4 Å². The van der Waals surface area contributed by atoms with Crippen molar-refractivity contribution in [2.24, 2.45) is 5.41 Å². The number of benzene rings is 1. The van der Waals surface area contributed by atoms with Gasteiger partial charge in [-0.2, -0.15) is 0 Å². The number of nitrogens with zero attached hydrogens (tertiary/aromatic N) is 1. The number of halogens is 2. The molecule has 1 atom stereocenters. The zero-order valence-electron chi connectivity index (χ0n) is 10.4. The van der Waals surface area contributed by atoms with E-state index in [0.29, 0.717) is 5.41 Å². The molecule has 2 aliphatic rings. The molecule has 18 heavy (non-hydrogen) atoms. The van der Waals surface area contributed by atoms with E-state index < -0.39 is 0 Å². The van der Waals surface area contributed by atoms with Gasteiger partial charge in [-0.25, -0.2) is 4.39 Å². The first-order chi connectivity index (χ1) is 8.67. The second-order valence-electron chi connectivity index (χ2n) is 5.62. The van der Waals surface area contributed by atoms with Crippen LogP contribution in [-0.2, 0) is 6.54 Å². The van der Waals surface area contributed by atoms with Crippen molar-refractivity contribution in [3.05, 3.63) is 34.1 Å². The summed E-state index contributed by atoms with van der Waals surface area (Å²) in [5.74, 6) is -0.148. The monoisotopic (exact) mass is 312 g/mol. The first kappa shape index (κ1) is 12.6. The fraction of sp³-hybridized carbons (Fsp3) is 0.571. The third kappa shape index (κ3) is 2.46. The average molecular weight is 313 g/mol. The van der Waals surface area contributed by atoms with Crippen LogP contribution in [0.4, 0.5) is 4.39 Å². The molecular formula is C14H18BrFN2. The molecule has 0 bridgehead atoms. The Kier molecular flexibility index (Phi) is 3.43. The van der Waals surface area contributed by atoms with Gasteiger partial charge in [0.15, 0.2) is 0 Å². The van der Waals surface area contributed by atoms with Crippen LogP contribution < -0.4 is 5.32 Å². The van der Waals surface area contributed by atoms with Crippen molar-refractivity contribution in [1.29, 1.82) is 0 Å². The second kappa shape index (κ2) is 4.91. The van der Waals surface area contributed by atoms with Crippen LogP contribution in [-0.4, -0.2) is 31.1 Å². The summed E-state index contributed by atoms with van der Waals surface area (Å²) in [5, 5.41) is 3.46. The van der Waals surface area contributed by atoms with Crippen LogP contribution >= 0.6 is 15.9 Å². The van der Waals surface area contributed by atoms with Gasteiger partial charge >= 0.3 is 0 Å². The molecule has 98 valence electrons. The van der Waals surface area contributed by atoms with Crippen LogP contribution in [0.15, 0.2) is 22.7 Å². The van der Waals surface area contributed by atoms with E-state index >= 15 is 0 Å². The quantitative estimate of drug-likeness (QED) is 0.903. The van der Waals surface area contributed by atoms with Crippen LogP contribution in [0.3, 0.4) is 0 Å². The molecule has 0 saturated carbocycles. The maximum atomic E-state index is 13.3. The lowest BCUT2D eigenvalue weighted by Crippen LogP contribution is -2.29. The van der Waals surface area contributed by atoms with E-state index in [-0.39, 0.29) is 5.82 Å². The predicted molar refractivity (Wildman–Crippen MR) is 73.9 cm³/mol. The topological polar surface area (TPSA) is 15.3 Å². The van der Waals surface area contributed by atoms with Crippen LogP contribution in [0.2, 0.25) is 0 Å². The molecule has 4 heteroatoms. The van der Waals surface area contributed by atoms with Crippen LogP contribution in [0, 0.1) is 11.2 Å². The number of likely N-dealkylation sites (tertiary alicyclic amines) is 1. The lowest BCUT2D eigenvalue weighted by Gasteiger charge is -2.23. The van der Waals surface area contributed by atoms with Gasteiger partial charge in [-0.3, -0.25) is 4.90 Å². The molecule has 2 nitrogen and oxygen atoms in total. The van der Waals surface area contributed by atoms with E-state index in [1.165, 1.54) is 18.9 Å². The molecule has 1 unspecified atom stereocenters. The third-order valence-corrected chi connectivity index (χ3v) is 5.02. The van der Waals surface area contributed by atoms with Crippen molar-refractivity contribution in [3.8, 4) is 0 Å². The Morgan fingerprint density at radius 1 is 1.39 bits per heavy atom. The Morgan fingerprint density at radius 2 is 2.28 bits per heavy atom. The van der Waals surface area contributed by atoms with Gasteiger partial charge < -0.3 is 5.32 Å². The summed E-state index contributed by atoms with van der Waals surface area (Å²) in [5.41, 5.74) is 1.54. The van der Waals surface area contributed by atoms with Crippen molar-refractivity contribution < 1.29 is 4.39 Å². The molecule has 1 aromatic rings. The highest BCUT2D eigenvalue weighted by Gasteiger charge is 2.40. The van der Waals surface area contributed by atoms with Crippen LogP contribution in [0.5, 0.6) is 0 Å². The van der Waals surface area contributed by atoms with Crippen molar-refractivity contribution in [2.75, 3.05) is 26.2 Å². The highest BCUT2D eigenvalue weighted by atomic mass is 79.9. The minimum Gasteiger partial charge on any atom is -0.316 e. The van der Waals surface area contributed by atoms with Gasteiger partial charge in [0.2, 0.25) is 0 Å². The number of hydrogen-bond acceptors (Lipinski definition) is 2. The van der Waals surface area contributed by atoms with E-state index in [4.69, 9.17) is 0 Å². The van der Waals surface area contributed by atoms with Crippen molar-refractivity contribution >= 4 is 15.9 Å². The van der Waals surface area contributed by atoms with Crippen LogP contribution in [0.25, 0.3) is 0 Å². The minimum atomic E-state index is -0.148. The molecule has 1 spiro atoms. The van der Waals surface area contributed by atoms with E-state index in [2.05, 4.69) is 26.1 Å². The molecule has 1 N–H and O–H groups in total. The fourth-order valence-electron chi connectivity index (χ4n) is 3.21. The standard InChI is InChI=1S/C14H18BrFN2/c15-13-2-1-12(16)7-11(13)8-18-6-4-14(10-18)3-5-17-9-14/h1-2,7,17H,3-6,8-10H2. The number of nitrogens with one attached hydrogen (secondary N) is 1. The molecule has 2 heterocycles. The zero-order chi connectivity index (χ0) is 12.6. The van der Waals surface area contributed by atoms with E-state index in [1.807, 2.05) is 0 Å². The summed E-state index contributed by atoms with van der Waals surface area (Å²) in [6, 6.07) is 4.94. The average Bonchev–Trinajstić information content (AvgIpc) is 2.95. The minimum absolute atomic E-state index is 0.148. The van der Waals surface area contributed by atoms with Gasteiger partial charge in [0.1, 0.15) is 5.82 Å². The summed E-state index contributed by atoms with van der Waals surface area (Å²) in [4.78, 5) is 2.45. The largest absolute Gasteiger partial charge is 0.316 e. The third-order valence-electron chi connectivity index (χ3n) is 4.25. The van der Waals surface area contributed by atoms with Gasteiger partial charge in [-0.15, -0.1) is 0 Å². The molecule has 2 aliphatic heterocycles. The van der Waals surface area contributed by atoms with Crippen molar-refractivity contribution in [1.82, 2.24) is 10.2 Å². The van der Waals surface area contributed by atoms with Crippen LogP contribution in [0.1, 0.15) is 18.4 Å². The highest BCUT2D eigenvalue weighted by molar-refractivity contribution is 9.10. The Labute approximate surface area is 116 Å². The summed E-state index contributed by atoms with van der Waals surface area (Å²) >= 11 is 3.51. The zero-order valence-corrected chi connectivity index (χ0v) is 12.0. The lowest BCUT2D eigenvalue weighted by molar-refractivity contribution is 0.268. The number of hydrogen-bond donors (Lipinski definition) is 1. The maximum Gasteiger partial charge on any atom is 0.123 e. The Bertz CT molecular complexity index is 443. The Hall–Kier alpha value is -0.450. The maximum absolute atomic E-state index is 13.3. The first-order valence-electron chi connectivity index (χ1n) is 6.54. The fourth-order valence-corrected chi connectivity index (χ4v) is 3.58. The molecular weight excluding hydrogens is 295 g/mol. The molecule has 0 aliphatic carbocycles. The molecule has 0 radical (unpaired) electrons. The van der Waals surface area contributed by atoms with Gasteiger partial charge in [-0.1, -0.05) is 15.9 Å². The Balaban J connectivity index is 1.69. The number of rotatable bonds is 2. The highest BCUT2D eigenvalue weighted by Crippen LogP contribution is 2.37. The molecule has 0 amide bonds. The second-order valence-corrected chi connectivity index (χ2v) is 6.48. The molecule has 0 aromatic heterocycles. The van der Waals surface area contributed by atoms with E-state index in [1.54, 1.807) is 12.1 Å². The molecule has 2 saturated heterocycles. The van der Waals surface area contributed by atoms with E-state index in [0.717, 1.165) is 42.8 Å². The summed E-state index contributed by atoms with van der Waals surface area (Å²) in [6.45, 7) is 5.42. The van der Waals surface area contributed by atoms with Gasteiger partial charge in [0.25, 0.3) is 0 Å². The summed E-state index contributed by atoms with van der Waals surface area (Å²) < 4.78 is 14.3. The summed E-state index contributed by atoms with van der Waals surface area (Å²) in [7, 11) is 0. The normalized spacial score (nSPS) is 28.3. The van der Waals surface area contributed by atoms with Crippen molar-refractivity contribution in [3.63, 3.8) is 0 Å². The lowest BCUT2D eigenvalue weighted by atomic mass is 9.86. The Morgan fingerprint density at radius 3 is 3.06 bits per heavy atom. The first-order valence-corrected chi connectivity index (χ1v) is 7.33. The van der Waals surface area contributed by atoms with Gasteiger partial charge in [0.05, 0.1) is 0 Å². The molecule has 3 rings (SSSR count).